The van der Waals surface area contributed by atoms with Gasteiger partial charge in [-0.15, -0.1) is 13.2 Å². The van der Waals surface area contributed by atoms with Crippen molar-refractivity contribution in [3.8, 4) is 5.88 Å². The summed E-state index contributed by atoms with van der Waals surface area (Å²) in [6.07, 6.45) is -4.34. The van der Waals surface area contributed by atoms with Crippen molar-refractivity contribution in [3.05, 3.63) is 23.1 Å². The van der Waals surface area contributed by atoms with Crippen molar-refractivity contribution >= 4 is 22.2 Å². The molecular weight excluding hydrogens is 298 g/mol. The Hall–Kier alpha value is -1.18. The topological polar surface area (TPSA) is 39.2 Å². The number of halogens is 5. The molecule has 1 aromatic rings. The zero-order chi connectivity index (χ0) is 12.3. The van der Waals surface area contributed by atoms with Gasteiger partial charge in [0.1, 0.15) is 0 Å². The van der Waals surface area contributed by atoms with Crippen LogP contribution in [0.25, 0.3) is 0 Å². The lowest BCUT2D eigenvalue weighted by Crippen LogP contribution is -2.19. The van der Waals surface area contributed by atoms with Gasteiger partial charge in [-0.05, 0) is 0 Å². The third-order valence-corrected chi connectivity index (χ3v) is 2.16. The monoisotopic (exact) mass is 301 g/mol. The maximum absolute atomic E-state index is 13.0. The van der Waals surface area contributed by atoms with Crippen LogP contribution in [0, 0.1) is 5.82 Å². The maximum atomic E-state index is 13.0. The highest BCUT2D eigenvalue weighted by Gasteiger charge is 2.33. The highest BCUT2D eigenvalue weighted by atomic mass is 79.9. The van der Waals surface area contributed by atoms with E-state index in [1.807, 2.05) is 0 Å². The molecule has 0 aliphatic heterocycles. The van der Waals surface area contributed by atoms with E-state index < -0.39 is 23.6 Å². The Labute approximate surface area is 95.6 Å². The van der Waals surface area contributed by atoms with Crippen LogP contribution in [-0.2, 0) is 5.33 Å². The molecule has 3 nitrogen and oxygen atoms in total. The van der Waals surface area contributed by atoms with Crippen molar-refractivity contribution in [2.24, 2.45) is 0 Å². The first-order valence-electron chi connectivity index (χ1n) is 3.83. The van der Waals surface area contributed by atoms with E-state index in [4.69, 9.17) is 0 Å². The SMILES string of the molecule is O=Cc1c(F)cnc(OC(F)(F)F)c1CBr. The minimum atomic E-state index is -4.94. The summed E-state index contributed by atoms with van der Waals surface area (Å²) in [4.78, 5) is 13.6. The lowest BCUT2D eigenvalue weighted by atomic mass is 10.1. The molecule has 0 aliphatic carbocycles. The standard InChI is InChI=1S/C8H4BrF4NO2/c9-1-4-5(3-15)6(10)2-14-7(4)16-8(11,12)13/h2-3H,1H2. The second-order valence-electron chi connectivity index (χ2n) is 2.60. The summed E-state index contributed by atoms with van der Waals surface area (Å²) in [6, 6.07) is 0. The lowest BCUT2D eigenvalue weighted by molar-refractivity contribution is -0.276. The lowest BCUT2D eigenvalue weighted by Gasteiger charge is -2.12. The van der Waals surface area contributed by atoms with Gasteiger partial charge in [-0.1, -0.05) is 15.9 Å². The fourth-order valence-electron chi connectivity index (χ4n) is 0.976. The van der Waals surface area contributed by atoms with E-state index in [1.54, 1.807) is 0 Å². The average Bonchev–Trinajstić information content (AvgIpc) is 2.18. The summed E-state index contributed by atoms with van der Waals surface area (Å²) >= 11 is 2.83. The molecule has 88 valence electrons. The molecule has 1 rings (SSSR count). The number of ether oxygens (including phenoxy) is 1. The Kier molecular flexibility index (Phi) is 3.84. The second kappa shape index (κ2) is 4.77. The molecule has 0 saturated carbocycles. The number of hydrogen-bond acceptors (Lipinski definition) is 3. The van der Waals surface area contributed by atoms with E-state index in [-0.39, 0.29) is 17.2 Å². The summed E-state index contributed by atoms with van der Waals surface area (Å²) in [5, 5.41) is -0.183. The van der Waals surface area contributed by atoms with Crippen molar-refractivity contribution in [2.75, 3.05) is 0 Å². The number of aromatic nitrogens is 1. The average molecular weight is 302 g/mol. The zero-order valence-corrected chi connectivity index (χ0v) is 9.10. The van der Waals surface area contributed by atoms with E-state index in [2.05, 4.69) is 25.7 Å². The summed E-state index contributed by atoms with van der Waals surface area (Å²) < 4.78 is 52.4. The molecule has 0 aliphatic rings. The molecule has 0 fully saturated rings. The van der Waals surface area contributed by atoms with E-state index in [0.29, 0.717) is 6.20 Å². The molecular formula is C8H4BrF4NO2. The van der Waals surface area contributed by atoms with Crippen LogP contribution < -0.4 is 4.74 Å². The zero-order valence-electron chi connectivity index (χ0n) is 7.52. The van der Waals surface area contributed by atoms with Crippen molar-refractivity contribution < 1.29 is 27.1 Å². The van der Waals surface area contributed by atoms with Gasteiger partial charge in [-0.2, -0.15) is 0 Å². The van der Waals surface area contributed by atoms with Crippen LogP contribution in [0.2, 0.25) is 0 Å². The van der Waals surface area contributed by atoms with Gasteiger partial charge in [-0.25, -0.2) is 9.37 Å². The van der Waals surface area contributed by atoms with E-state index in [1.165, 1.54) is 0 Å². The largest absolute Gasteiger partial charge is 0.574 e. The number of pyridine rings is 1. The van der Waals surface area contributed by atoms with Gasteiger partial charge in [-0.3, -0.25) is 4.79 Å². The van der Waals surface area contributed by atoms with Crippen LogP contribution in [0.4, 0.5) is 17.6 Å². The van der Waals surface area contributed by atoms with Crippen LogP contribution in [0.5, 0.6) is 5.88 Å². The fraction of sp³-hybridized carbons (Fsp3) is 0.250. The van der Waals surface area contributed by atoms with Crippen molar-refractivity contribution in [1.29, 1.82) is 0 Å². The number of aldehydes is 1. The Morgan fingerprint density at radius 2 is 2.12 bits per heavy atom. The van der Waals surface area contributed by atoms with Crippen LogP contribution in [-0.4, -0.2) is 17.6 Å². The quantitative estimate of drug-likeness (QED) is 0.489. The molecule has 0 atom stereocenters. The van der Waals surface area contributed by atoms with E-state index in [0.717, 1.165) is 0 Å². The minimum Gasteiger partial charge on any atom is -0.388 e. The molecule has 8 heteroatoms. The first-order chi connectivity index (χ1) is 7.39. The van der Waals surface area contributed by atoms with Crippen LogP contribution in [0.15, 0.2) is 6.20 Å². The number of carbonyl (C=O) groups is 1. The summed E-state index contributed by atoms with van der Waals surface area (Å²) in [7, 11) is 0. The smallest absolute Gasteiger partial charge is 0.388 e. The predicted molar refractivity (Wildman–Crippen MR) is 48.9 cm³/mol. The summed E-state index contributed by atoms with van der Waals surface area (Å²) in [5.74, 6) is -1.84. The first-order valence-corrected chi connectivity index (χ1v) is 4.95. The van der Waals surface area contributed by atoms with Crippen molar-refractivity contribution in [3.63, 3.8) is 0 Å². The van der Waals surface area contributed by atoms with Crippen LogP contribution in [0.1, 0.15) is 15.9 Å². The Morgan fingerprint density at radius 3 is 2.56 bits per heavy atom. The van der Waals surface area contributed by atoms with Crippen molar-refractivity contribution in [2.45, 2.75) is 11.7 Å². The van der Waals surface area contributed by atoms with E-state index in [9.17, 15) is 22.4 Å². The third kappa shape index (κ3) is 2.91. The highest BCUT2D eigenvalue weighted by molar-refractivity contribution is 9.08. The van der Waals surface area contributed by atoms with E-state index >= 15 is 0 Å². The molecule has 0 aromatic carbocycles. The molecule has 0 spiro atoms. The molecule has 16 heavy (non-hydrogen) atoms. The molecule has 0 radical (unpaired) electrons. The Balaban J connectivity index is 3.25. The van der Waals surface area contributed by atoms with Gasteiger partial charge in [0.2, 0.25) is 5.88 Å². The predicted octanol–water partition coefficient (Wildman–Crippen LogP) is 2.83. The summed E-state index contributed by atoms with van der Waals surface area (Å²) in [6.45, 7) is 0. The third-order valence-electron chi connectivity index (χ3n) is 1.60. The Bertz CT molecular complexity index is 408. The van der Waals surface area contributed by atoms with Crippen LogP contribution in [0.3, 0.4) is 0 Å². The number of rotatable bonds is 3. The van der Waals surface area contributed by atoms with Gasteiger partial charge in [0.15, 0.2) is 12.1 Å². The fourth-order valence-corrected chi connectivity index (χ4v) is 1.52. The number of alkyl halides is 4. The maximum Gasteiger partial charge on any atom is 0.574 e. The number of hydrogen-bond donors (Lipinski definition) is 0. The second-order valence-corrected chi connectivity index (χ2v) is 3.16. The van der Waals surface area contributed by atoms with Gasteiger partial charge in [0.25, 0.3) is 0 Å². The molecule has 1 aromatic heterocycles. The molecule has 0 saturated heterocycles. The molecule has 0 N–H and O–H groups in total. The molecule has 0 amide bonds. The van der Waals surface area contributed by atoms with Gasteiger partial charge < -0.3 is 4.74 Å². The first kappa shape index (κ1) is 12.9. The highest BCUT2D eigenvalue weighted by Crippen LogP contribution is 2.28. The number of nitrogens with zero attached hydrogens (tertiary/aromatic N) is 1. The molecule has 0 unspecified atom stereocenters. The normalized spacial score (nSPS) is 11.3. The van der Waals surface area contributed by atoms with Crippen molar-refractivity contribution in [1.82, 2.24) is 4.98 Å². The summed E-state index contributed by atoms with van der Waals surface area (Å²) in [5.41, 5.74) is -0.793. The van der Waals surface area contributed by atoms with Crippen LogP contribution >= 0.6 is 15.9 Å². The minimum absolute atomic E-state index is 0.108. The number of carbonyl (C=O) groups excluding carboxylic acids is 1. The van der Waals surface area contributed by atoms with Gasteiger partial charge in [0.05, 0.1) is 11.8 Å². The Morgan fingerprint density at radius 1 is 1.50 bits per heavy atom. The van der Waals surface area contributed by atoms with Gasteiger partial charge in [0, 0.05) is 10.9 Å². The molecule has 0 bridgehead atoms. The molecule has 1 heterocycles. The van der Waals surface area contributed by atoms with Gasteiger partial charge >= 0.3 is 6.36 Å².